The number of rotatable bonds is 5. The van der Waals surface area contributed by atoms with E-state index in [-0.39, 0.29) is 0 Å². The van der Waals surface area contributed by atoms with Gasteiger partial charge in [-0.05, 0) is 38.8 Å². The van der Waals surface area contributed by atoms with Crippen LogP contribution in [0.15, 0.2) is 0 Å². The topological polar surface area (TPSA) is 53.1 Å². The van der Waals surface area contributed by atoms with Gasteiger partial charge in [0.2, 0.25) is 0 Å². The van der Waals surface area contributed by atoms with E-state index >= 15 is 0 Å². The van der Waals surface area contributed by atoms with Crippen LogP contribution in [0.4, 0.5) is 0 Å². The van der Waals surface area contributed by atoms with Gasteiger partial charge in [-0.1, -0.05) is 13.3 Å². The number of hydrogen-bond donors (Lipinski definition) is 2. The maximum Gasteiger partial charge on any atom is 0.0905 e. The van der Waals surface area contributed by atoms with Crippen LogP contribution >= 0.6 is 0 Å². The summed E-state index contributed by atoms with van der Waals surface area (Å²) in [6, 6.07) is 0.788. The van der Waals surface area contributed by atoms with Crippen LogP contribution in [0.1, 0.15) is 45.4 Å². The van der Waals surface area contributed by atoms with Gasteiger partial charge in [0.25, 0.3) is 0 Å². The summed E-state index contributed by atoms with van der Waals surface area (Å²) >= 11 is 0. The average molecular weight is 197 g/mol. The lowest BCUT2D eigenvalue weighted by Crippen LogP contribution is -2.39. The van der Waals surface area contributed by atoms with Crippen molar-refractivity contribution in [1.29, 1.82) is 5.41 Å². The summed E-state index contributed by atoms with van der Waals surface area (Å²) < 4.78 is 0. The molecular formula is C11H23N3. The highest BCUT2D eigenvalue weighted by Gasteiger charge is 2.19. The Labute approximate surface area is 87.2 Å². The zero-order chi connectivity index (χ0) is 10.4. The van der Waals surface area contributed by atoms with E-state index in [1.54, 1.807) is 0 Å². The van der Waals surface area contributed by atoms with Crippen LogP contribution in [0, 0.1) is 5.41 Å². The van der Waals surface area contributed by atoms with Crippen molar-refractivity contribution in [3.8, 4) is 0 Å². The van der Waals surface area contributed by atoms with E-state index in [0.717, 1.165) is 25.4 Å². The Bertz CT molecular complexity index is 179. The lowest BCUT2D eigenvalue weighted by Gasteiger charge is -2.35. The van der Waals surface area contributed by atoms with E-state index < -0.39 is 0 Å². The number of piperidine rings is 1. The molecule has 0 aromatic rings. The fourth-order valence-corrected chi connectivity index (χ4v) is 2.29. The lowest BCUT2D eigenvalue weighted by atomic mass is 10.00. The Morgan fingerprint density at radius 3 is 2.93 bits per heavy atom. The second kappa shape index (κ2) is 6.02. The highest BCUT2D eigenvalue weighted by Crippen LogP contribution is 2.19. The molecule has 1 atom stereocenters. The molecule has 1 saturated heterocycles. The molecule has 0 saturated carbocycles. The fraction of sp³-hybridized carbons (Fsp3) is 0.909. The van der Waals surface area contributed by atoms with Gasteiger partial charge < -0.3 is 10.6 Å². The van der Waals surface area contributed by atoms with Crippen LogP contribution in [0.3, 0.4) is 0 Å². The van der Waals surface area contributed by atoms with Crippen molar-refractivity contribution in [2.24, 2.45) is 5.73 Å². The lowest BCUT2D eigenvalue weighted by molar-refractivity contribution is 0.143. The third-order valence-electron chi connectivity index (χ3n) is 3.11. The first-order chi connectivity index (χ1) is 6.74. The monoisotopic (exact) mass is 197 g/mol. The third-order valence-corrected chi connectivity index (χ3v) is 3.11. The summed E-state index contributed by atoms with van der Waals surface area (Å²) in [5.41, 5.74) is 5.34. The summed E-state index contributed by atoms with van der Waals surface area (Å²) in [7, 11) is 0. The predicted octanol–water partition coefficient (Wildman–Crippen LogP) is 1.97. The molecule has 14 heavy (non-hydrogen) atoms. The van der Waals surface area contributed by atoms with Crippen LogP contribution < -0.4 is 5.73 Å². The molecule has 0 spiro atoms. The molecule has 0 bridgehead atoms. The standard InChI is InChI=1S/C11H23N3/c1-2-10-6-3-4-8-14(10)9-5-7-11(12)13/h10H,2-9H2,1H3,(H3,12,13). The maximum atomic E-state index is 7.17. The van der Waals surface area contributed by atoms with Crippen molar-refractivity contribution < 1.29 is 0 Å². The van der Waals surface area contributed by atoms with Gasteiger partial charge in [0, 0.05) is 12.5 Å². The summed E-state index contributed by atoms with van der Waals surface area (Å²) in [6.45, 7) is 4.64. The van der Waals surface area contributed by atoms with E-state index in [0.29, 0.717) is 5.84 Å². The summed E-state index contributed by atoms with van der Waals surface area (Å²) in [5.74, 6) is 0.329. The van der Waals surface area contributed by atoms with E-state index in [1.807, 2.05) is 0 Å². The first-order valence-electron chi connectivity index (χ1n) is 5.81. The van der Waals surface area contributed by atoms with E-state index in [1.165, 1.54) is 32.2 Å². The molecule has 0 aromatic heterocycles. The minimum atomic E-state index is 0.329. The highest BCUT2D eigenvalue weighted by atomic mass is 15.2. The van der Waals surface area contributed by atoms with Crippen LogP contribution in [-0.4, -0.2) is 29.9 Å². The first-order valence-corrected chi connectivity index (χ1v) is 5.81. The molecule has 1 aliphatic rings. The predicted molar refractivity (Wildman–Crippen MR) is 60.7 cm³/mol. The highest BCUT2D eigenvalue weighted by molar-refractivity contribution is 5.76. The number of nitrogens with one attached hydrogen (secondary N) is 1. The second-order valence-electron chi connectivity index (χ2n) is 4.22. The van der Waals surface area contributed by atoms with Gasteiger partial charge in [0.15, 0.2) is 0 Å². The number of hydrogen-bond acceptors (Lipinski definition) is 2. The molecule has 3 nitrogen and oxygen atoms in total. The largest absolute Gasteiger partial charge is 0.388 e. The normalized spacial score (nSPS) is 23.6. The minimum Gasteiger partial charge on any atom is -0.388 e. The smallest absolute Gasteiger partial charge is 0.0905 e. The molecule has 1 aliphatic heterocycles. The van der Waals surface area contributed by atoms with Crippen molar-refractivity contribution in [2.75, 3.05) is 13.1 Å². The van der Waals surface area contributed by atoms with Crippen LogP contribution in [0.25, 0.3) is 0 Å². The Kier molecular flexibility index (Phi) is 4.94. The second-order valence-corrected chi connectivity index (χ2v) is 4.22. The first kappa shape index (κ1) is 11.5. The van der Waals surface area contributed by atoms with Crippen molar-refractivity contribution in [3.63, 3.8) is 0 Å². The fourth-order valence-electron chi connectivity index (χ4n) is 2.29. The molecule has 3 heteroatoms. The van der Waals surface area contributed by atoms with Gasteiger partial charge in [0.05, 0.1) is 5.84 Å². The number of likely N-dealkylation sites (tertiary alicyclic amines) is 1. The molecule has 1 heterocycles. The SMILES string of the molecule is CCC1CCCCN1CCCC(=N)N. The van der Waals surface area contributed by atoms with Crippen molar-refractivity contribution >= 4 is 5.84 Å². The Morgan fingerprint density at radius 2 is 2.29 bits per heavy atom. The molecule has 1 fully saturated rings. The van der Waals surface area contributed by atoms with E-state index in [4.69, 9.17) is 11.1 Å². The molecule has 0 aliphatic carbocycles. The van der Waals surface area contributed by atoms with E-state index in [9.17, 15) is 0 Å². The van der Waals surface area contributed by atoms with Crippen molar-refractivity contribution in [3.05, 3.63) is 0 Å². The van der Waals surface area contributed by atoms with Crippen molar-refractivity contribution in [1.82, 2.24) is 4.90 Å². The zero-order valence-corrected chi connectivity index (χ0v) is 9.26. The average Bonchev–Trinajstić information content (AvgIpc) is 2.18. The molecule has 0 amide bonds. The van der Waals surface area contributed by atoms with Crippen LogP contribution in [0.2, 0.25) is 0 Å². The van der Waals surface area contributed by atoms with Gasteiger partial charge >= 0.3 is 0 Å². The van der Waals surface area contributed by atoms with Gasteiger partial charge in [0.1, 0.15) is 0 Å². The van der Waals surface area contributed by atoms with Crippen molar-refractivity contribution in [2.45, 2.75) is 51.5 Å². The summed E-state index contributed by atoms with van der Waals surface area (Å²) in [6.07, 6.45) is 7.16. The van der Waals surface area contributed by atoms with Gasteiger partial charge in [-0.2, -0.15) is 0 Å². The molecule has 1 rings (SSSR count). The maximum absolute atomic E-state index is 7.17. The minimum absolute atomic E-state index is 0.329. The number of nitrogens with two attached hydrogens (primary N) is 1. The van der Waals surface area contributed by atoms with Crippen LogP contribution in [0.5, 0.6) is 0 Å². The van der Waals surface area contributed by atoms with Gasteiger partial charge in [-0.3, -0.25) is 5.41 Å². The molecule has 82 valence electrons. The molecular weight excluding hydrogens is 174 g/mol. The van der Waals surface area contributed by atoms with Gasteiger partial charge in [-0.25, -0.2) is 0 Å². The Balaban J connectivity index is 2.22. The molecule has 0 aromatic carbocycles. The zero-order valence-electron chi connectivity index (χ0n) is 9.26. The molecule has 3 N–H and O–H groups in total. The summed E-state index contributed by atoms with van der Waals surface area (Å²) in [5, 5.41) is 7.17. The number of amidine groups is 1. The third kappa shape index (κ3) is 3.66. The number of nitrogens with zero attached hydrogens (tertiary/aromatic N) is 1. The summed E-state index contributed by atoms with van der Waals surface area (Å²) in [4.78, 5) is 2.58. The Morgan fingerprint density at radius 1 is 1.50 bits per heavy atom. The van der Waals surface area contributed by atoms with E-state index in [2.05, 4.69) is 11.8 Å². The van der Waals surface area contributed by atoms with Gasteiger partial charge in [-0.15, -0.1) is 0 Å². The van der Waals surface area contributed by atoms with Crippen LogP contribution in [-0.2, 0) is 0 Å². The quantitative estimate of drug-likeness (QED) is 0.523. The Hall–Kier alpha value is -0.570. The molecule has 0 radical (unpaired) electrons. The molecule has 1 unspecified atom stereocenters.